The van der Waals surface area contributed by atoms with E-state index in [-0.39, 0.29) is 14.0 Å². The number of hydrogen-bond acceptors (Lipinski definition) is 0. The summed E-state index contributed by atoms with van der Waals surface area (Å²) in [6.45, 7) is 19.2. The van der Waals surface area contributed by atoms with Crippen molar-refractivity contribution in [1.82, 2.24) is 0 Å². The summed E-state index contributed by atoms with van der Waals surface area (Å²) in [5.74, 6) is 0. The first-order valence-electron chi connectivity index (χ1n) is 16.4. The molecule has 0 saturated carbocycles. The average molecular weight is 658 g/mol. The van der Waals surface area contributed by atoms with Gasteiger partial charge in [0.1, 0.15) is 0 Å². The third-order valence-electron chi connectivity index (χ3n) is 11.4. The zero-order valence-corrected chi connectivity index (χ0v) is 30.7. The van der Waals surface area contributed by atoms with Crippen LogP contribution in [0.3, 0.4) is 0 Å². The van der Waals surface area contributed by atoms with Crippen LogP contribution in [0.5, 0.6) is 0 Å². The molecule has 0 nitrogen and oxygen atoms in total. The van der Waals surface area contributed by atoms with E-state index in [1.807, 2.05) is 0 Å². The van der Waals surface area contributed by atoms with Crippen molar-refractivity contribution in [2.75, 3.05) is 0 Å². The molecular formula is C43H50Zr. The van der Waals surface area contributed by atoms with Gasteiger partial charge in [0.25, 0.3) is 0 Å². The molecule has 0 heterocycles. The maximum absolute atomic E-state index is 5.82. The molecule has 0 N–H and O–H groups in total. The molecule has 0 aliphatic heterocycles. The number of allylic oxidation sites excluding steroid dienone is 4. The van der Waals surface area contributed by atoms with Gasteiger partial charge >= 0.3 is 269 Å². The summed E-state index contributed by atoms with van der Waals surface area (Å²) in [4.78, 5) is 0. The molecule has 0 atom stereocenters. The molecule has 0 bridgehead atoms. The topological polar surface area (TPSA) is 0 Å². The molecule has 1 heteroatoms. The molecule has 0 unspecified atom stereocenters. The van der Waals surface area contributed by atoms with Gasteiger partial charge in [-0.3, -0.25) is 0 Å². The molecule has 6 rings (SSSR count). The summed E-state index contributed by atoms with van der Waals surface area (Å²) in [5, 5.41) is 0. The Kier molecular flexibility index (Phi) is 7.49. The van der Waals surface area contributed by atoms with Crippen LogP contribution in [0.1, 0.15) is 95.2 Å². The van der Waals surface area contributed by atoms with Crippen molar-refractivity contribution in [3.63, 3.8) is 0 Å². The third kappa shape index (κ3) is 4.77. The van der Waals surface area contributed by atoms with Gasteiger partial charge in [0.2, 0.25) is 0 Å². The normalized spacial score (nSPS) is 15.2. The van der Waals surface area contributed by atoms with E-state index in [0.717, 1.165) is 17.0 Å². The summed E-state index contributed by atoms with van der Waals surface area (Å²) in [6.07, 6.45) is 9.13. The summed E-state index contributed by atoms with van der Waals surface area (Å²) in [7, 11) is 0. The second-order valence-corrected chi connectivity index (χ2v) is 31.4. The predicted octanol–water partition coefficient (Wildman–Crippen LogP) is 10.6. The van der Waals surface area contributed by atoms with E-state index in [4.69, 9.17) is 4.21 Å². The van der Waals surface area contributed by atoms with E-state index in [1.165, 1.54) is 44.5 Å². The Labute approximate surface area is 267 Å². The van der Waals surface area contributed by atoms with E-state index in [2.05, 4.69) is 165 Å². The number of rotatable bonds is 6. The van der Waals surface area contributed by atoms with Gasteiger partial charge in [0.15, 0.2) is 0 Å². The van der Waals surface area contributed by atoms with E-state index in [9.17, 15) is 0 Å². The summed E-state index contributed by atoms with van der Waals surface area (Å²) < 4.78 is 9.88. The summed E-state index contributed by atoms with van der Waals surface area (Å²) in [6, 6.07) is 35.1. The molecule has 0 spiro atoms. The van der Waals surface area contributed by atoms with E-state index < -0.39 is 18.3 Å². The Morgan fingerprint density at radius 3 is 1.86 bits per heavy atom. The number of fused-ring (bicyclic) bond motifs is 3. The van der Waals surface area contributed by atoms with Gasteiger partial charge in [-0.15, -0.1) is 0 Å². The molecule has 2 aliphatic carbocycles. The van der Waals surface area contributed by atoms with Crippen molar-refractivity contribution in [1.29, 1.82) is 0 Å². The molecule has 4 aromatic rings. The van der Waals surface area contributed by atoms with Crippen LogP contribution in [-0.4, -0.2) is 4.21 Å². The molecular weight excluding hydrogens is 608 g/mol. The summed E-state index contributed by atoms with van der Waals surface area (Å²) >= 11 is -4.66. The van der Waals surface area contributed by atoms with Gasteiger partial charge in [0, 0.05) is 0 Å². The quantitative estimate of drug-likeness (QED) is 0.170. The molecule has 0 saturated heterocycles. The zero-order valence-electron chi connectivity index (χ0n) is 28.2. The van der Waals surface area contributed by atoms with Crippen LogP contribution < -0.4 is 3.27 Å². The molecule has 44 heavy (non-hydrogen) atoms. The van der Waals surface area contributed by atoms with Gasteiger partial charge in [-0.05, 0) is 0 Å². The van der Waals surface area contributed by atoms with Crippen LogP contribution in [0.25, 0.3) is 11.1 Å². The maximum atomic E-state index is 5.82. The van der Waals surface area contributed by atoms with Crippen molar-refractivity contribution in [2.45, 2.75) is 86.3 Å². The Morgan fingerprint density at radius 2 is 1.27 bits per heavy atom. The fourth-order valence-corrected chi connectivity index (χ4v) is 26.0. The van der Waals surface area contributed by atoms with E-state index >= 15 is 0 Å². The first-order valence-corrected chi connectivity index (χ1v) is 23.6. The Hall–Kier alpha value is -2.89. The first kappa shape index (κ1) is 31.1. The standard InChI is InChI=1S/C21H25.C9H11.C7H7.C5H5.CH2.Zr/c1-20(2,3)16-9-7-14-11-15-8-10-17(21(4,5)6)13-19(15)18(14)12-16;1-8(2)9-6-4-3-5-7-9;1-7-5-3-2-4-6-7;1-2-4-5-3-1;;/h7,9-10,12-13H,11H2,1-6H3;3-7H,1-2H3;2-6H,1H2;1-3H,4H2;1H2;. The van der Waals surface area contributed by atoms with Crippen LogP contribution in [0.4, 0.5) is 0 Å². The van der Waals surface area contributed by atoms with Crippen LogP contribution in [-0.2, 0) is 42.8 Å². The van der Waals surface area contributed by atoms with Crippen molar-refractivity contribution < 1.29 is 18.3 Å². The molecule has 226 valence electrons. The Bertz CT molecular complexity index is 1850. The average Bonchev–Trinajstić information content (AvgIpc) is 3.65. The first-order chi connectivity index (χ1) is 20.6. The monoisotopic (exact) mass is 656 g/mol. The van der Waals surface area contributed by atoms with Gasteiger partial charge < -0.3 is 0 Å². The molecule has 2 aliphatic rings. The van der Waals surface area contributed by atoms with Crippen molar-refractivity contribution in [2.24, 2.45) is 0 Å². The van der Waals surface area contributed by atoms with Crippen molar-refractivity contribution in [3.05, 3.63) is 146 Å². The zero-order chi connectivity index (χ0) is 31.6. The van der Waals surface area contributed by atoms with Crippen molar-refractivity contribution in [3.8, 4) is 11.1 Å². The van der Waals surface area contributed by atoms with Gasteiger partial charge in [-0.25, -0.2) is 0 Å². The number of benzene rings is 4. The fourth-order valence-electron chi connectivity index (χ4n) is 8.20. The second-order valence-electron chi connectivity index (χ2n) is 16.3. The second kappa shape index (κ2) is 10.6. The Balaban J connectivity index is 1.78. The minimum absolute atomic E-state index is 0.00797. The molecule has 0 fully saturated rings. The van der Waals surface area contributed by atoms with Crippen LogP contribution >= 0.6 is 0 Å². The van der Waals surface area contributed by atoms with Crippen LogP contribution in [0.2, 0.25) is 0 Å². The van der Waals surface area contributed by atoms with Gasteiger partial charge in [0.05, 0.1) is 0 Å². The third-order valence-corrected chi connectivity index (χ3v) is 31.5. The van der Waals surface area contributed by atoms with Crippen LogP contribution in [0, 0.1) is 0 Å². The van der Waals surface area contributed by atoms with Gasteiger partial charge in [-0.2, -0.15) is 0 Å². The molecule has 0 aromatic heterocycles. The summed E-state index contributed by atoms with van der Waals surface area (Å²) in [5.41, 5.74) is 11.6. The minimum atomic E-state index is -4.66. The Morgan fingerprint density at radius 1 is 0.659 bits per heavy atom. The molecule has 0 amide bonds. The van der Waals surface area contributed by atoms with Crippen LogP contribution in [0.15, 0.2) is 113 Å². The fraction of sp³-hybridized carbons (Fsp3) is 0.326. The van der Waals surface area contributed by atoms with Crippen molar-refractivity contribution >= 4 is 7.48 Å². The van der Waals surface area contributed by atoms with Gasteiger partial charge in [-0.1, -0.05) is 0 Å². The molecule has 4 aromatic carbocycles. The molecule has 0 radical (unpaired) electrons. The van der Waals surface area contributed by atoms with E-state index in [0.29, 0.717) is 0 Å². The SMILES string of the molecule is [CH2]=[Zr]([CH2]c1ccccc1)([C]1=CC=CC1)([c]1cc(C(C)(C)C)cc2c1Cc1ccc(C(C)(C)C)cc1-2)[C](C)(C)c1ccccc1. The number of hydrogen-bond donors (Lipinski definition) is 0. The van der Waals surface area contributed by atoms with E-state index in [1.54, 1.807) is 6.55 Å². The predicted molar refractivity (Wildman–Crippen MR) is 190 cm³/mol.